The molecular weight excluding hydrogens is 1750 g/mol. The van der Waals surface area contributed by atoms with Gasteiger partial charge in [0.2, 0.25) is 35.4 Å². The third-order valence-electron chi connectivity index (χ3n) is 25.8. The molecule has 0 aromatic heterocycles. The zero-order valence-corrected chi connectivity index (χ0v) is 87.9. The van der Waals surface area contributed by atoms with E-state index in [9.17, 15) is 62.6 Å². The van der Waals surface area contributed by atoms with Crippen molar-refractivity contribution in [2.75, 3.05) is 151 Å². The number of nitrogens with zero attached hydrogens (tertiary/aromatic N) is 8. The fourth-order valence-corrected chi connectivity index (χ4v) is 17.6. The average Bonchev–Trinajstić information content (AvgIpc) is 1.53. The second-order valence-corrected chi connectivity index (χ2v) is 39.7. The Morgan fingerprint density at radius 3 is 1.12 bits per heavy atom. The Labute approximate surface area is 815 Å². The smallest absolute Gasteiger partial charge is 0.410 e. The number of carboxylic acid groups (broad SMARTS) is 1. The van der Waals surface area contributed by atoms with Gasteiger partial charge in [-0.25, -0.2) is 19.2 Å². The predicted molar refractivity (Wildman–Crippen MR) is 527 cm³/mol. The van der Waals surface area contributed by atoms with Gasteiger partial charge in [-0.1, -0.05) is 178 Å². The van der Waals surface area contributed by atoms with Crippen molar-refractivity contribution in [2.24, 2.45) is 59.0 Å². The maximum atomic E-state index is 14.7. The number of carbonyl (C=O) groups excluding carboxylic acids is 11. The molecule has 2 aromatic carbocycles. The molecule has 0 radical (unpaired) electrons. The molecule has 2 fully saturated rings. The number of benzene rings is 2. The maximum absolute atomic E-state index is 14.7. The van der Waals surface area contributed by atoms with Gasteiger partial charge in [0.25, 0.3) is 0 Å². The number of hydrogen-bond donors (Lipinski definition) is 4. The number of ketones is 1. The standard InChI is InChI=1S/C51H87N5O11.C34H56N4O7.C16H32N2O5.CH4/c1-17-35(6)45(55(13)48(60)38(33(2)3)31-41(57)44(34(4)5)53(11)26-28-66-29-27-54(12)50(62)67-51(8,9)10)42(63-14)32-43(58)56-25-21-24-40(56)46(64-15)36(7)47(59)52-39(49(61)65-16)30-37-22-19-18-20-23-37;1-10-22(4)30(37(6)33(41)29(35)21(2)3)27(43-7)20-28(39)38-18-14-17-26(38)31(44-8)23(5)32(40)36-25(34(42)45-9)19-24-15-12-11-13-16-24;1-12(2)13(14(19)20)17(6)8-10-22-11-9-18(7)15(21)23-16(3,4)5;/h18-20,22-23,33-36,38-40,42,44-46H,17,21,24-32H2,1-16H3,(H,52,59);11-13,15-16,21-23,25-27,29-31H,10,14,17-20,35H2,1-9H3,(H,36,40);12-13H,8-11H2,1-7H3,(H,19,20);1H4/t35-,36+,38-,39-,40-,42+,44-,45-,46+;22-,23+,25-,26-,27+,29-,30-,31+;13-;/m000./s1. The molecule has 0 saturated carbocycles. The van der Waals surface area contributed by atoms with Gasteiger partial charge in [-0.3, -0.25) is 48.2 Å². The van der Waals surface area contributed by atoms with Crippen LogP contribution in [-0.4, -0.2) is 356 Å². The van der Waals surface area contributed by atoms with Gasteiger partial charge in [-0.05, 0) is 128 Å². The first-order valence-electron chi connectivity index (χ1n) is 48.2. The minimum atomic E-state index is -0.907. The highest BCUT2D eigenvalue weighted by atomic mass is 16.6. The molecule has 2 aromatic rings. The van der Waals surface area contributed by atoms with E-state index in [0.717, 1.165) is 24.0 Å². The fraction of sp³-hybridized carbons (Fsp3) is 0.765. The van der Waals surface area contributed by atoms with Gasteiger partial charge in [0, 0.05) is 121 Å². The van der Waals surface area contributed by atoms with Gasteiger partial charge < -0.3 is 98.2 Å². The minimum absolute atomic E-state index is 0. The number of esters is 2. The van der Waals surface area contributed by atoms with E-state index in [1.54, 1.807) is 87.8 Å². The van der Waals surface area contributed by atoms with E-state index in [0.29, 0.717) is 91.4 Å². The summed E-state index contributed by atoms with van der Waals surface area (Å²) in [5.74, 6) is -5.56. The quantitative estimate of drug-likeness (QED) is 0.0271. The number of nitrogens with one attached hydrogen (secondary N) is 2. The van der Waals surface area contributed by atoms with E-state index in [4.69, 9.17) is 53.1 Å². The number of rotatable bonds is 54. The molecule has 0 spiro atoms. The first kappa shape index (κ1) is 126. The number of Topliss-reactive ketones (excluding diaryl/α,β-unsaturated/α-hetero) is 1. The molecule has 2 aliphatic heterocycles. The Balaban J connectivity index is 0.00000115. The van der Waals surface area contributed by atoms with Crippen LogP contribution in [0.25, 0.3) is 0 Å². The van der Waals surface area contributed by atoms with Crippen molar-refractivity contribution >= 4 is 71.3 Å². The Morgan fingerprint density at radius 2 is 0.816 bits per heavy atom. The first-order valence-corrected chi connectivity index (χ1v) is 48.2. The molecule has 18 atom stereocenters. The molecule has 0 aliphatic carbocycles. The van der Waals surface area contributed by atoms with Crippen molar-refractivity contribution in [1.82, 2.24) is 49.8 Å². The van der Waals surface area contributed by atoms with Crippen LogP contribution in [0.1, 0.15) is 215 Å². The molecule has 34 nitrogen and oxygen atoms in total. The lowest BCUT2D eigenvalue weighted by Crippen LogP contribution is -2.56. The van der Waals surface area contributed by atoms with Crippen LogP contribution in [-0.2, 0) is 108 Å². The third-order valence-corrected chi connectivity index (χ3v) is 25.8. The molecule has 8 amide bonds. The molecule has 0 unspecified atom stereocenters. The summed E-state index contributed by atoms with van der Waals surface area (Å²) in [7, 11) is 19.2. The number of amides is 8. The van der Waals surface area contributed by atoms with Crippen molar-refractivity contribution in [3.8, 4) is 0 Å². The Morgan fingerprint density at radius 1 is 0.471 bits per heavy atom. The predicted octanol–water partition coefficient (Wildman–Crippen LogP) is 11.2. The van der Waals surface area contributed by atoms with Gasteiger partial charge in [-0.2, -0.15) is 0 Å². The molecule has 4 rings (SSSR count). The monoisotopic (exact) mass is 1930 g/mol. The molecular formula is C102H179N11O23. The lowest BCUT2D eigenvalue weighted by Gasteiger charge is -2.41. The summed E-state index contributed by atoms with van der Waals surface area (Å²) >= 11 is 0. The van der Waals surface area contributed by atoms with Crippen LogP contribution >= 0.6 is 0 Å². The molecule has 2 saturated heterocycles. The van der Waals surface area contributed by atoms with Crippen LogP contribution in [0, 0.1) is 53.3 Å². The Hall–Kier alpha value is -8.48. The number of nitrogens with two attached hydrogens (primary N) is 1. The van der Waals surface area contributed by atoms with Crippen molar-refractivity contribution in [3.63, 3.8) is 0 Å². The summed E-state index contributed by atoms with van der Waals surface area (Å²) in [5.41, 5.74) is 6.86. The summed E-state index contributed by atoms with van der Waals surface area (Å²) in [6.07, 6.45) is 1.60. The molecule has 136 heavy (non-hydrogen) atoms. The van der Waals surface area contributed by atoms with Crippen molar-refractivity contribution in [2.45, 2.75) is 307 Å². The average molecular weight is 1930 g/mol. The van der Waals surface area contributed by atoms with Gasteiger partial charge in [-0.15, -0.1) is 0 Å². The lowest BCUT2D eigenvalue weighted by atomic mass is 9.83. The van der Waals surface area contributed by atoms with Crippen LogP contribution in [0.15, 0.2) is 60.7 Å². The largest absolute Gasteiger partial charge is 0.480 e. The van der Waals surface area contributed by atoms with Crippen LogP contribution in [0.4, 0.5) is 9.59 Å². The van der Waals surface area contributed by atoms with Gasteiger partial charge in [0.05, 0.1) is 126 Å². The third kappa shape index (κ3) is 41.1. The van der Waals surface area contributed by atoms with E-state index in [-0.39, 0.29) is 134 Å². The number of carbonyl (C=O) groups is 12. The number of hydrogen-bond acceptors (Lipinski definition) is 25. The Bertz CT molecular complexity index is 3890. The molecule has 0 bridgehead atoms. The highest BCUT2D eigenvalue weighted by molar-refractivity contribution is 5.91. The van der Waals surface area contributed by atoms with Crippen molar-refractivity contribution in [3.05, 3.63) is 71.8 Å². The maximum Gasteiger partial charge on any atom is 0.410 e. The highest BCUT2D eigenvalue weighted by Gasteiger charge is 2.47. The SMILES string of the molecule is C.CC(C)[C@@H](C(=O)O)N(C)CCOCCN(C)C(=O)OC(C)(C)C.CC[C@H](C)[C@@H]([C@@H](CC(=O)N1CCC[C@H]1[C@H](OC)[C@@H](C)C(=O)N[C@@H](Cc1ccccc1)C(=O)OC)OC)N(C)C(=O)[C@@H](CC(=O)[C@H](C(C)C)N(C)CCOCCN(C)C(=O)OC(C)(C)C)C(C)C.CC[C@H](C)[C@@H]([C@@H](CC(=O)N1CCC[C@H]1[C@H](OC)[C@@H](C)C(=O)N[C@@H](Cc1ccccc1)C(=O)OC)OC)N(C)C(=O)[C@@H](N)C(C)C. The summed E-state index contributed by atoms with van der Waals surface area (Å²) in [6, 6.07) is 13.8. The topological polar surface area (TPSA) is 393 Å². The van der Waals surface area contributed by atoms with E-state index in [1.807, 2.05) is 197 Å². The zero-order chi connectivity index (χ0) is 103. The summed E-state index contributed by atoms with van der Waals surface area (Å²) in [5, 5.41) is 14.9. The molecule has 2 heterocycles. The normalized spacial score (nSPS) is 17.5. The number of carboxylic acids is 1. The van der Waals surface area contributed by atoms with E-state index in [2.05, 4.69) is 10.6 Å². The highest BCUT2D eigenvalue weighted by Crippen LogP contribution is 2.34. The van der Waals surface area contributed by atoms with Crippen molar-refractivity contribution < 1.29 is 110 Å². The van der Waals surface area contributed by atoms with Crippen LogP contribution in [0.2, 0.25) is 0 Å². The van der Waals surface area contributed by atoms with Crippen LogP contribution < -0.4 is 16.4 Å². The summed E-state index contributed by atoms with van der Waals surface area (Å²) in [4.78, 5) is 172. The summed E-state index contributed by atoms with van der Waals surface area (Å²) < 4.78 is 55.8. The Kier molecular flexibility index (Phi) is 57.7. The second kappa shape index (κ2) is 62.5. The van der Waals surface area contributed by atoms with E-state index in [1.165, 1.54) is 38.2 Å². The van der Waals surface area contributed by atoms with Crippen molar-refractivity contribution in [1.29, 1.82) is 0 Å². The fourth-order valence-electron chi connectivity index (χ4n) is 17.6. The molecule has 2 aliphatic rings. The first-order chi connectivity index (χ1) is 63.2. The number of methoxy groups -OCH3 is 6. The number of likely N-dealkylation sites (tertiary alicyclic amines) is 2. The zero-order valence-electron chi connectivity index (χ0n) is 87.9. The van der Waals surface area contributed by atoms with Gasteiger partial charge in [0.1, 0.15) is 29.3 Å². The molecule has 5 N–H and O–H groups in total. The molecule has 780 valence electrons. The van der Waals surface area contributed by atoms with E-state index >= 15 is 0 Å². The number of likely N-dealkylation sites (N-methyl/N-ethyl adjacent to an activating group) is 6. The van der Waals surface area contributed by atoms with Gasteiger partial charge >= 0.3 is 30.1 Å². The number of ether oxygens (including phenoxy) is 10. The lowest BCUT2D eigenvalue weighted by molar-refractivity contribution is -0.150. The van der Waals surface area contributed by atoms with Gasteiger partial charge in [0.15, 0.2) is 5.78 Å². The number of aliphatic carboxylic acids is 1. The van der Waals surface area contributed by atoms with Crippen LogP contribution in [0.3, 0.4) is 0 Å². The second-order valence-electron chi connectivity index (χ2n) is 39.7. The molecule has 34 heteroatoms. The van der Waals surface area contributed by atoms with E-state index < -0.39 is 120 Å². The van der Waals surface area contributed by atoms with Crippen LogP contribution in [0.5, 0.6) is 0 Å². The minimum Gasteiger partial charge on any atom is -0.480 e. The summed E-state index contributed by atoms with van der Waals surface area (Å²) in [6.45, 7) is 42.3.